The maximum absolute atomic E-state index is 9.10. The molecule has 0 aliphatic rings. The Labute approximate surface area is 89.6 Å². The molecule has 15 heavy (non-hydrogen) atoms. The number of allylic oxidation sites excluding steroid dienone is 2. The van der Waals surface area contributed by atoms with Gasteiger partial charge < -0.3 is 14.9 Å². The van der Waals surface area contributed by atoms with E-state index in [1.807, 2.05) is 24.3 Å². The molecule has 0 saturated heterocycles. The molecule has 0 aliphatic heterocycles. The van der Waals surface area contributed by atoms with Gasteiger partial charge in [0.25, 0.3) is 0 Å². The molecule has 0 fully saturated rings. The van der Waals surface area contributed by atoms with Gasteiger partial charge in [0, 0.05) is 0 Å². The molecule has 0 amide bonds. The number of aliphatic hydroxyl groups excluding tert-OH is 2. The first-order chi connectivity index (χ1) is 7.13. The van der Waals surface area contributed by atoms with Gasteiger partial charge in [0.05, 0.1) is 6.61 Å². The maximum Gasteiger partial charge on any atom is 0.130 e. The Balaban J connectivity index is 2.55. The van der Waals surface area contributed by atoms with E-state index in [1.165, 1.54) is 0 Å². The van der Waals surface area contributed by atoms with Crippen LogP contribution in [-0.2, 0) is 18.0 Å². The second-order valence-corrected chi connectivity index (χ2v) is 3.40. The number of ether oxygens (including phenoxy) is 1. The fraction of sp³-hybridized carbons (Fsp3) is 0.333. The standard InChI is InChI=1S/C12H16O3/c1-9(14)10(2)15-8-12-5-3-11(7-13)4-6-12/h3-6,13-14H,7-8H2,1-2H3/b10-9+. The normalized spacial score (nSPS) is 12.2. The lowest BCUT2D eigenvalue weighted by atomic mass is 10.1. The highest BCUT2D eigenvalue weighted by Crippen LogP contribution is 2.09. The van der Waals surface area contributed by atoms with Crippen molar-refractivity contribution in [2.45, 2.75) is 27.1 Å². The molecule has 0 bridgehead atoms. The zero-order chi connectivity index (χ0) is 11.3. The second-order valence-electron chi connectivity index (χ2n) is 3.40. The SMILES string of the molecule is C/C(O)=C(/C)OCc1ccc(CO)cc1. The van der Waals surface area contributed by atoms with Crippen LogP contribution in [0.4, 0.5) is 0 Å². The first kappa shape index (κ1) is 11.6. The summed E-state index contributed by atoms with van der Waals surface area (Å²) in [5, 5.41) is 18.0. The lowest BCUT2D eigenvalue weighted by molar-refractivity contribution is 0.180. The van der Waals surface area contributed by atoms with Crippen molar-refractivity contribution in [3.63, 3.8) is 0 Å². The largest absolute Gasteiger partial charge is 0.509 e. The van der Waals surface area contributed by atoms with Crippen LogP contribution in [-0.4, -0.2) is 10.2 Å². The van der Waals surface area contributed by atoms with E-state index in [0.29, 0.717) is 12.4 Å². The van der Waals surface area contributed by atoms with Crippen molar-refractivity contribution in [3.8, 4) is 0 Å². The molecule has 0 aliphatic carbocycles. The molecular weight excluding hydrogens is 192 g/mol. The summed E-state index contributed by atoms with van der Waals surface area (Å²) in [7, 11) is 0. The van der Waals surface area contributed by atoms with Crippen LogP contribution in [0.25, 0.3) is 0 Å². The molecule has 0 atom stereocenters. The topological polar surface area (TPSA) is 49.7 Å². The van der Waals surface area contributed by atoms with E-state index in [9.17, 15) is 0 Å². The third kappa shape index (κ3) is 3.64. The lowest BCUT2D eigenvalue weighted by Gasteiger charge is -2.07. The van der Waals surface area contributed by atoms with E-state index in [0.717, 1.165) is 11.1 Å². The van der Waals surface area contributed by atoms with Gasteiger partial charge in [-0.25, -0.2) is 0 Å². The zero-order valence-corrected chi connectivity index (χ0v) is 9.03. The smallest absolute Gasteiger partial charge is 0.130 e. The van der Waals surface area contributed by atoms with E-state index in [2.05, 4.69) is 0 Å². The summed E-state index contributed by atoms with van der Waals surface area (Å²) < 4.78 is 5.33. The van der Waals surface area contributed by atoms with Crippen molar-refractivity contribution in [2.75, 3.05) is 0 Å². The fourth-order valence-corrected chi connectivity index (χ4v) is 1.04. The second kappa shape index (κ2) is 5.41. The van der Waals surface area contributed by atoms with Crippen molar-refractivity contribution >= 4 is 0 Å². The highest BCUT2D eigenvalue weighted by atomic mass is 16.5. The molecule has 82 valence electrons. The monoisotopic (exact) mass is 208 g/mol. The number of hydrogen-bond acceptors (Lipinski definition) is 3. The van der Waals surface area contributed by atoms with Crippen molar-refractivity contribution < 1.29 is 14.9 Å². The Hall–Kier alpha value is -1.48. The summed E-state index contributed by atoms with van der Waals surface area (Å²) in [5.41, 5.74) is 1.89. The van der Waals surface area contributed by atoms with Gasteiger partial charge in [-0.3, -0.25) is 0 Å². The third-order valence-corrected chi connectivity index (χ3v) is 2.17. The van der Waals surface area contributed by atoms with Crippen molar-refractivity contribution in [3.05, 3.63) is 46.9 Å². The number of hydrogen-bond donors (Lipinski definition) is 2. The van der Waals surface area contributed by atoms with Crippen LogP contribution in [0.15, 0.2) is 35.8 Å². The van der Waals surface area contributed by atoms with E-state index in [-0.39, 0.29) is 12.4 Å². The molecular formula is C12H16O3. The van der Waals surface area contributed by atoms with Gasteiger partial charge >= 0.3 is 0 Å². The van der Waals surface area contributed by atoms with Crippen LogP contribution in [0.3, 0.4) is 0 Å². The van der Waals surface area contributed by atoms with Gasteiger partial charge in [0.2, 0.25) is 0 Å². The first-order valence-electron chi connectivity index (χ1n) is 4.81. The molecule has 3 nitrogen and oxygen atoms in total. The molecule has 1 aromatic rings. The number of rotatable bonds is 4. The highest BCUT2D eigenvalue weighted by Gasteiger charge is 1.97. The summed E-state index contributed by atoms with van der Waals surface area (Å²) in [6.07, 6.45) is 0. The van der Waals surface area contributed by atoms with Crippen LogP contribution in [0.1, 0.15) is 25.0 Å². The van der Waals surface area contributed by atoms with Crippen molar-refractivity contribution in [2.24, 2.45) is 0 Å². The fourth-order valence-electron chi connectivity index (χ4n) is 1.04. The maximum atomic E-state index is 9.10. The zero-order valence-electron chi connectivity index (χ0n) is 9.03. The number of benzene rings is 1. The Kier molecular flexibility index (Phi) is 4.18. The predicted molar refractivity (Wildman–Crippen MR) is 58.2 cm³/mol. The van der Waals surface area contributed by atoms with Crippen LogP contribution < -0.4 is 0 Å². The Morgan fingerprint density at radius 1 is 1.13 bits per heavy atom. The minimum atomic E-state index is 0.0514. The summed E-state index contributed by atoms with van der Waals surface area (Å²) in [4.78, 5) is 0. The van der Waals surface area contributed by atoms with Gasteiger partial charge in [-0.15, -0.1) is 0 Å². The molecule has 2 N–H and O–H groups in total. The Morgan fingerprint density at radius 2 is 1.67 bits per heavy atom. The minimum Gasteiger partial charge on any atom is -0.509 e. The van der Waals surface area contributed by atoms with Crippen LogP contribution in [0.2, 0.25) is 0 Å². The average Bonchev–Trinajstić information content (AvgIpc) is 2.26. The molecule has 3 heteroatoms. The van der Waals surface area contributed by atoms with Crippen molar-refractivity contribution in [1.29, 1.82) is 0 Å². The van der Waals surface area contributed by atoms with E-state index >= 15 is 0 Å². The summed E-state index contributed by atoms with van der Waals surface area (Å²) >= 11 is 0. The Morgan fingerprint density at radius 3 is 2.13 bits per heavy atom. The summed E-state index contributed by atoms with van der Waals surface area (Å²) in [5.74, 6) is 0.725. The minimum absolute atomic E-state index is 0.0514. The van der Waals surface area contributed by atoms with Crippen LogP contribution in [0.5, 0.6) is 0 Å². The van der Waals surface area contributed by atoms with Gasteiger partial charge in [0.15, 0.2) is 0 Å². The number of aliphatic hydroxyl groups is 2. The van der Waals surface area contributed by atoms with Gasteiger partial charge in [0.1, 0.15) is 18.1 Å². The summed E-state index contributed by atoms with van der Waals surface area (Å²) in [6.45, 7) is 3.78. The van der Waals surface area contributed by atoms with Gasteiger partial charge in [-0.1, -0.05) is 24.3 Å². The average molecular weight is 208 g/mol. The molecule has 0 unspecified atom stereocenters. The molecule has 0 radical (unpaired) electrons. The van der Waals surface area contributed by atoms with Crippen LogP contribution >= 0.6 is 0 Å². The van der Waals surface area contributed by atoms with Gasteiger partial charge in [-0.05, 0) is 25.0 Å². The highest BCUT2D eigenvalue weighted by molar-refractivity contribution is 5.21. The van der Waals surface area contributed by atoms with Gasteiger partial charge in [-0.2, -0.15) is 0 Å². The van der Waals surface area contributed by atoms with Crippen molar-refractivity contribution in [1.82, 2.24) is 0 Å². The molecule has 1 rings (SSSR count). The van der Waals surface area contributed by atoms with Crippen LogP contribution in [0, 0.1) is 0 Å². The molecule has 0 saturated carbocycles. The quantitative estimate of drug-likeness (QED) is 0.747. The molecule has 0 aromatic heterocycles. The van der Waals surface area contributed by atoms with E-state index < -0.39 is 0 Å². The molecule has 0 heterocycles. The molecule has 0 spiro atoms. The molecule has 1 aromatic carbocycles. The first-order valence-corrected chi connectivity index (χ1v) is 4.81. The predicted octanol–water partition coefficient (Wildman–Crippen LogP) is 2.50. The summed E-state index contributed by atoms with van der Waals surface area (Å²) in [6, 6.07) is 7.49. The Bertz CT molecular complexity index is 334. The lowest BCUT2D eigenvalue weighted by Crippen LogP contribution is -1.94. The van der Waals surface area contributed by atoms with E-state index in [1.54, 1.807) is 13.8 Å². The van der Waals surface area contributed by atoms with E-state index in [4.69, 9.17) is 14.9 Å². The third-order valence-electron chi connectivity index (χ3n) is 2.17.